The van der Waals surface area contributed by atoms with Gasteiger partial charge in [0.05, 0.1) is 10.7 Å². The van der Waals surface area contributed by atoms with Crippen LogP contribution >= 0.6 is 22.9 Å². The van der Waals surface area contributed by atoms with E-state index in [9.17, 15) is 4.79 Å². The molecule has 1 aromatic carbocycles. The van der Waals surface area contributed by atoms with Crippen molar-refractivity contribution in [2.24, 2.45) is 0 Å². The predicted molar refractivity (Wildman–Crippen MR) is 95.4 cm³/mol. The molecule has 0 saturated heterocycles. The van der Waals surface area contributed by atoms with Crippen LogP contribution in [0.3, 0.4) is 0 Å². The molecule has 0 radical (unpaired) electrons. The minimum absolute atomic E-state index is 0.288. The molecule has 2 heterocycles. The summed E-state index contributed by atoms with van der Waals surface area (Å²) in [5.74, 6) is -0.288. The third-order valence-electron chi connectivity index (χ3n) is 3.35. The van der Waals surface area contributed by atoms with E-state index in [1.807, 2.05) is 25.1 Å². The number of thiophene rings is 1. The van der Waals surface area contributed by atoms with Crippen molar-refractivity contribution in [3.05, 3.63) is 70.3 Å². The summed E-state index contributed by atoms with van der Waals surface area (Å²) in [4.78, 5) is 16.8. The first-order valence-electron chi connectivity index (χ1n) is 6.90. The molecule has 3 rings (SSSR count). The lowest BCUT2D eigenvalue weighted by Gasteiger charge is -2.10. The first-order valence-corrected chi connectivity index (χ1v) is 8.10. The molecular weight excluding hydrogens is 330 g/mol. The zero-order chi connectivity index (χ0) is 16.4. The van der Waals surface area contributed by atoms with Crippen LogP contribution in [0.4, 0.5) is 0 Å². The molecular formula is C17H14ClN3OS. The van der Waals surface area contributed by atoms with Crippen molar-refractivity contribution < 1.29 is 4.79 Å². The van der Waals surface area contributed by atoms with E-state index in [0.29, 0.717) is 15.6 Å². The average molecular weight is 344 g/mol. The molecule has 116 valence electrons. The molecule has 0 atom stereocenters. The van der Waals surface area contributed by atoms with Gasteiger partial charge >= 0.3 is 0 Å². The molecule has 6 heteroatoms. The number of benzene rings is 1. The highest BCUT2D eigenvalue weighted by Gasteiger charge is 2.17. The summed E-state index contributed by atoms with van der Waals surface area (Å²) >= 11 is 7.70. The number of pyridine rings is 1. The van der Waals surface area contributed by atoms with E-state index in [-0.39, 0.29) is 5.91 Å². The smallest absolute Gasteiger partial charge is 0.281 e. The quantitative estimate of drug-likeness (QED) is 0.699. The van der Waals surface area contributed by atoms with Gasteiger partial charge in [0, 0.05) is 28.0 Å². The lowest BCUT2D eigenvalue weighted by atomic mass is 10.2. The molecule has 0 aliphatic heterocycles. The summed E-state index contributed by atoms with van der Waals surface area (Å²) in [6.45, 7) is 5.89. The Morgan fingerprint density at radius 2 is 1.96 bits per heavy atom. The number of carbonyl (C=O) groups is 1. The average Bonchev–Trinajstić information content (AvgIpc) is 2.89. The molecule has 23 heavy (non-hydrogen) atoms. The summed E-state index contributed by atoms with van der Waals surface area (Å²) in [6.07, 6.45) is 3.32. The van der Waals surface area contributed by atoms with Gasteiger partial charge in [-0.1, -0.05) is 30.3 Å². The van der Waals surface area contributed by atoms with Crippen molar-refractivity contribution in [3.8, 4) is 0 Å². The normalized spacial score (nSPS) is 10.5. The minimum atomic E-state index is -0.288. The van der Waals surface area contributed by atoms with Crippen LogP contribution < -0.4 is 10.9 Å². The largest absolute Gasteiger partial charge is 0.298 e. The number of nitrogens with one attached hydrogen (secondary N) is 2. The SMILES string of the molecule is C=C(NNC(=O)c1sc2cc(C)ccc2c1Cl)c1ccncc1. The van der Waals surface area contributed by atoms with Crippen molar-refractivity contribution in [2.75, 3.05) is 0 Å². The molecule has 1 amide bonds. The molecule has 2 aromatic heterocycles. The number of nitrogens with zero attached hydrogens (tertiary/aromatic N) is 1. The molecule has 3 aromatic rings. The number of halogens is 1. The topological polar surface area (TPSA) is 54.0 Å². The van der Waals surface area contributed by atoms with Crippen LogP contribution in [-0.4, -0.2) is 10.9 Å². The maximum absolute atomic E-state index is 12.4. The van der Waals surface area contributed by atoms with Crippen LogP contribution in [0.1, 0.15) is 20.8 Å². The van der Waals surface area contributed by atoms with Gasteiger partial charge in [-0.2, -0.15) is 0 Å². The number of aryl methyl sites for hydroxylation is 1. The van der Waals surface area contributed by atoms with Crippen LogP contribution in [0.15, 0.2) is 49.3 Å². The zero-order valence-corrected chi connectivity index (χ0v) is 14.0. The Bertz CT molecular complexity index is 889. The van der Waals surface area contributed by atoms with Gasteiger partial charge in [0.25, 0.3) is 5.91 Å². The monoisotopic (exact) mass is 343 g/mol. The molecule has 2 N–H and O–H groups in total. The van der Waals surface area contributed by atoms with Crippen molar-refractivity contribution in [1.82, 2.24) is 15.8 Å². The number of rotatable bonds is 4. The van der Waals surface area contributed by atoms with Crippen LogP contribution in [-0.2, 0) is 0 Å². The lowest BCUT2D eigenvalue weighted by molar-refractivity contribution is 0.0947. The highest BCUT2D eigenvalue weighted by molar-refractivity contribution is 7.21. The number of hydrogen-bond donors (Lipinski definition) is 2. The Morgan fingerprint density at radius 3 is 2.70 bits per heavy atom. The van der Waals surface area contributed by atoms with E-state index in [1.54, 1.807) is 24.5 Å². The summed E-state index contributed by atoms with van der Waals surface area (Å²) in [7, 11) is 0. The fraction of sp³-hybridized carbons (Fsp3) is 0.0588. The van der Waals surface area contributed by atoms with Gasteiger partial charge in [0.15, 0.2) is 0 Å². The highest BCUT2D eigenvalue weighted by Crippen LogP contribution is 2.35. The van der Waals surface area contributed by atoms with E-state index in [2.05, 4.69) is 22.4 Å². The lowest BCUT2D eigenvalue weighted by Crippen LogP contribution is -2.35. The maximum Gasteiger partial charge on any atom is 0.281 e. The van der Waals surface area contributed by atoms with E-state index < -0.39 is 0 Å². The maximum atomic E-state index is 12.4. The number of aromatic nitrogens is 1. The van der Waals surface area contributed by atoms with Crippen LogP contribution in [0, 0.1) is 6.92 Å². The summed E-state index contributed by atoms with van der Waals surface area (Å²) < 4.78 is 0.994. The van der Waals surface area contributed by atoms with Crippen LogP contribution in [0.2, 0.25) is 5.02 Å². The Balaban J connectivity index is 1.76. The van der Waals surface area contributed by atoms with Crippen molar-refractivity contribution >= 4 is 44.6 Å². The Morgan fingerprint density at radius 1 is 1.22 bits per heavy atom. The van der Waals surface area contributed by atoms with Crippen molar-refractivity contribution in [1.29, 1.82) is 0 Å². The third-order valence-corrected chi connectivity index (χ3v) is 5.00. The second-order valence-corrected chi connectivity index (χ2v) is 6.47. The molecule has 0 fully saturated rings. The van der Waals surface area contributed by atoms with E-state index in [0.717, 1.165) is 21.2 Å². The van der Waals surface area contributed by atoms with Gasteiger partial charge in [0.1, 0.15) is 4.88 Å². The summed E-state index contributed by atoms with van der Waals surface area (Å²) in [6, 6.07) is 9.54. The van der Waals surface area contributed by atoms with E-state index in [4.69, 9.17) is 11.6 Å². The summed E-state index contributed by atoms with van der Waals surface area (Å²) in [5.41, 5.74) is 7.99. The second-order valence-electron chi connectivity index (χ2n) is 5.04. The first kappa shape index (κ1) is 15.5. The summed E-state index contributed by atoms with van der Waals surface area (Å²) in [5, 5.41) is 1.36. The van der Waals surface area contributed by atoms with Crippen LogP contribution in [0.25, 0.3) is 15.8 Å². The highest BCUT2D eigenvalue weighted by atomic mass is 35.5. The molecule has 0 unspecified atom stereocenters. The predicted octanol–water partition coefficient (Wildman–Crippen LogP) is 4.16. The molecule has 0 aliphatic carbocycles. The van der Waals surface area contributed by atoms with Gasteiger partial charge in [-0.05, 0) is 30.7 Å². The molecule has 0 aliphatic rings. The van der Waals surface area contributed by atoms with Crippen LogP contribution in [0.5, 0.6) is 0 Å². The number of carbonyl (C=O) groups excluding carboxylic acids is 1. The molecule has 0 spiro atoms. The fourth-order valence-corrected chi connectivity index (χ4v) is 3.64. The van der Waals surface area contributed by atoms with E-state index in [1.165, 1.54) is 11.3 Å². The molecule has 0 bridgehead atoms. The fourth-order valence-electron chi connectivity index (χ4n) is 2.13. The number of amides is 1. The third kappa shape index (κ3) is 3.21. The first-order chi connectivity index (χ1) is 11.1. The second kappa shape index (κ2) is 6.40. The zero-order valence-electron chi connectivity index (χ0n) is 12.4. The van der Waals surface area contributed by atoms with Gasteiger partial charge in [0.2, 0.25) is 0 Å². The number of fused-ring (bicyclic) bond motifs is 1. The Hall–Kier alpha value is -2.37. The van der Waals surface area contributed by atoms with Crippen molar-refractivity contribution in [3.63, 3.8) is 0 Å². The standard InChI is InChI=1S/C17H14ClN3OS/c1-10-3-4-13-14(9-10)23-16(15(13)18)17(22)21-20-11(2)12-5-7-19-8-6-12/h3-9,20H,2H2,1H3,(H,21,22). The number of hydrazine groups is 1. The Labute approximate surface area is 142 Å². The molecule has 4 nitrogen and oxygen atoms in total. The Kier molecular flexibility index (Phi) is 4.32. The van der Waals surface area contributed by atoms with Gasteiger partial charge in [-0.25, -0.2) is 0 Å². The van der Waals surface area contributed by atoms with Gasteiger partial charge in [-0.3, -0.25) is 20.6 Å². The van der Waals surface area contributed by atoms with E-state index >= 15 is 0 Å². The number of hydrogen-bond acceptors (Lipinski definition) is 4. The van der Waals surface area contributed by atoms with Gasteiger partial charge < -0.3 is 0 Å². The van der Waals surface area contributed by atoms with Gasteiger partial charge in [-0.15, -0.1) is 11.3 Å². The molecule has 0 saturated carbocycles. The van der Waals surface area contributed by atoms with Crippen molar-refractivity contribution in [2.45, 2.75) is 6.92 Å². The minimum Gasteiger partial charge on any atom is -0.298 e.